The molecule has 28 heavy (non-hydrogen) atoms. The second kappa shape index (κ2) is 12.9. The van der Waals surface area contributed by atoms with Crippen LogP contribution in [0.1, 0.15) is 57.4 Å². The van der Waals surface area contributed by atoms with Crippen molar-refractivity contribution >= 4 is 5.97 Å². The Morgan fingerprint density at radius 2 is 1.57 bits per heavy atom. The summed E-state index contributed by atoms with van der Waals surface area (Å²) in [4.78, 5) is 12.4. The van der Waals surface area contributed by atoms with Gasteiger partial charge in [-0.2, -0.15) is 0 Å². The van der Waals surface area contributed by atoms with E-state index in [1.807, 2.05) is 36.4 Å². The average molecular weight is 381 g/mol. The lowest BCUT2D eigenvalue weighted by Gasteiger charge is -2.19. The number of esters is 1. The first-order valence-electron chi connectivity index (χ1n) is 10.3. The summed E-state index contributed by atoms with van der Waals surface area (Å²) in [5.41, 5.74) is 1.59. The van der Waals surface area contributed by atoms with Gasteiger partial charge in [0.05, 0.1) is 12.7 Å². The molecule has 2 aromatic carbocycles. The minimum atomic E-state index is -0.384. The SMILES string of the molecule is C=C(CC(CCCCCCC)OCc1ccccc1)C(=O)Oc1ccccc1. The van der Waals surface area contributed by atoms with Crippen molar-refractivity contribution in [2.24, 2.45) is 0 Å². The van der Waals surface area contributed by atoms with Crippen molar-refractivity contribution in [2.75, 3.05) is 0 Å². The molecule has 1 unspecified atom stereocenters. The number of ether oxygens (including phenoxy) is 2. The largest absolute Gasteiger partial charge is 0.423 e. The Hall–Kier alpha value is -2.39. The van der Waals surface area contributed by atoms with E-state index < -0.39 is 0 Å². The van der Waals surface area contributed by atoms with Gasteiger partial charge in [0.25, 0.3) is 0 Å². The van der Waals surface area contributed by atoms with Crippen LogP contribution in [-0.2, 0) is 16.1 Å². The molecule has 0 aliphatic rings. The molecule has 0 aliphatic carbocycles. The van der Waals surface area contributed by atoms with Crippen molar-refractivity contribution in [3.63, 3.8) is 0 Å². The van der Waals surface area contributed by atoms with Crippen molar-refractivity contribution in [2.45, 2.75) is 64.6 Å². The molecule has 0 heterocycles. The van der Waals surface area contributed by atoms with Gasteiger partial charge in [0.1, 0.15) is 5.75 Å². The van der Waals surface area contributed by atoms with Crippen molar-refractivity contribution in [1.82, 2.24) is 0 Å². The van der Waals surface area contributed by atoms with Gasteiger partial charge in [-0.3, -0.25) is 0 Å². The van der Waals surface area contributed by atoms with Crippen LogP contribution in [0.25, 0.3) is 0 Å². The number of carbonyl (C=O) groups is 1. The molecule has 0 fully saturated rings. The number of hydrogen-bond acceptors (Lipinski definition) is 3. The molecule has 0 aliphatic heterocycles. The summed E-state index contributed by atoms with van der Waals surface area (Å²) in [5, 5.41) is 0. The van der Waals surface area contributed by atoms with E-state index in [-0.39, 0.29) is 12.1 Å². The second-order valence-corrected chi connectivity index (χ2v) is 7.13. The van der Waals surface area contributed by atoms with Crippen LogP contribution in [0.2, 0.25) is 0 Å². The Morgan fingerprint density at radius 1 is 0.929 bits per heavy atom. The van der Waals surface area contributed by atoms with Crippen LogP contribution in [0.15, 0.2) is 72.8 Å². The van der Waals surface area contributed by atoms with Gasteiger partial charge in [-0.15, -0.1) is 0 Å². The van der Waals surface area contributed by atoms with E-state index in [2.05, 4.69) is 25.6 Å². The topological polar surface area (TPSA) is 35.5 Å². The molecule has 3 heteroatoms. The van der Waals surface area contributed by atoms with E-state index in [4.69, 9.17) is 9.47 Å². The standard InChI is InChI=1S/C25H32O3/c1-3-4-5-6-11-18-24(27-20-22-14-9-7-10-15-22)19-21(2)25(26)28-23-16-12-8-13-17-23/h7-10,12-17,24H,2-6,11,18-20H2,1H3. The third-order valence-electron chi connectivity index (χ3n) is 4.67. The summed E-state index contributed by atoms with van der Waals surface area (Å²) in [6, 6.07) is 19.2. The third kappa shape index (κ3) is 8.53. The molecule has 0 bridgehead atoms. The average Bonchev–Trinajstić information content (AvgIpc) is 2.73. The molecule has 0 saturated heterocycles. The molecular formula is C25H32O3. The van der Waals surface area contributed by atoms with Gasteiger partial charge < -0.3 is 9.47 Å². The van der Waals surface area contributed by atoms with Gasteiger partial charge in [0, 0.05) is 12.0 Å². The van der Waals surface area contributed by atoms with E-state index in [0.717, 1.165) is 18.4 Å². The lowest BCUT2D eigenvalue weighted by atomic mass is 10.0. The Morgan fingerprint density at radius 3 is 2.25 bits per heavy atom. The highest BCUT2D eigenvalue weighted by Crippen LogP contribution is 2.19. The zero-order valence-corrected chi connectivity index (χ0v) is 16.9. The van der Waals surface area contributed by atoms with Crippen LogP contribution in [-0.4, -0.2) is 12.1 Å². The first-order chi connectivity index (χ1) is 13.7. The molecule has 0 radical (unpaired) electrons. The van der Waals surface area contributed by atoms with Gasteiger partial charge in [0.2, 0.25) is 0 Å². The van der Waals surface area contributed by atoms with Crippen molar-refractivity contribution in [3.05, 3.63) is 78.4 Å². The molecule has 150 valence electrons. The summed E-state index contributed by atoms with van der Waals surface area (Å²) in [6.45, 7) is 6.71. The third-order valence-corrected chi connectivity index (χ3v) is 4.67. The number of unbranched alkanes of at least 4 members (excludes halogenated alkanes) is 4. The molecule has 1 atom stereocenters. The van der Waals surface area contributed by atoms with E-state index >= 15 is 0 Å². The zero-order valence-electron chi connectivity index (χ0n) is 16.9. The Kier molecular flexibility index (Phi) is 10.1. The highest BCUT2D eigenvalue weighted by atomic mass is 16.5. The van der Waals surface area contributed by atoms with Crippen LogP contribution in [0.3, 0.4) is 0 Å². The monoisotopic (exact) mass is 380 g/mol. The predicted octanol–water partition coefficient (Wildman–Crippen LogP) is 6.48. The van der Waals surface area contributed by atoms with E-state index in [1.165, 1.54) is 25.7 Å². The molecule has 0 N–H and O–H groups in total. The molecule has 0 amide bonds. The first kappa shape index (κ1) is 21.9. The summed E-state index contributed by atoms with van der Waals surface area (Å²) in [6.07, 6.45) is 7.43. The summed E-state index contributed by atoms with van der Waals surface area (Å²) >= 11 is 0. The summed E-state index contributed by atoms with van der Waals surface area (Å²) in [5.74, 6) is 0.153. The predicted molar refractivity (Wildman–Crippen MR) is 114 cm³/mol. The van der Waals surface area contributed by atoms with Crippen molar-refractivity contribution in [3.8, 4) is 5.75 Å². The Labute approximate surface area is 169 Å². The minimum absolute atomic E-state index is 0.0299. The van der Waals surface area contributed by atoms with Crippen molar-refractivity contribution < 1.29 is 14.3 Å². The molecule has 0 aromatic heterocycles. The van der Waals surface area contributed by atoms with E-state index in [1.54, 1.807) is 12.1 Å². The molecule has 3 nitrogen and oxygen atoms in total. The van der Waals surface area contributed by atoms with Gasteiger partial charge in [0.15, 0.2) is 0 Å². The highest BCUT2D eigenvalue weighted by molar-refractivity contribution is 5.89. The number of hydrogen-bond donors (Lipinski definition) is 0. The zero-order chi connectivity index (χ0) is 20.0. The molecule has 2 aromatic rings. The van der Waals surface area contributed by atoms with Crippen LogP contribution >= 0.6 is 0 Å². The molecular weight excluding hydrogens is 348 g/mol. The number of para-hydroxylation sites is 1. The lowest BCUT2D eigenvalue weighted by Crippen LogP contribution is -2.19. The van der Waals surface area contributed by atoms with Gasteiger partial charge in [-0.05, 0) is 24.1 Å². The Balaban J connectivity index is 1.86. The lowest BCUT2D eigenvalue weighted by molar-refractivity contribution is -0.130. The van der Waals surface area contributed by atoms with Gasteiger partial charge in [-0.1, -0.05) is 94.1 Å². The fourth-order valence-electron chi connectivity index (χ4n) is 3.03. The smallest absolute Gasteiger partial charge is 0.338 e. The summed E-state index contributed by atoms with van der Waals surface area (Å²) in [7, 11) is 0. The number of benzene rings is 2. The maximum absolute atomic E-state index is 12.4. The number of carbonyl (C=O) groups excluding carboxylic acids is 1. The van der Waals surface area contributed by atoms with Gasteiger partial charge >= 0.3 is 5.97 Å². The summed E-state index contributed by atoms with van der Waals surface area (Å²) < 4.78 is 11.5. The normalized spacial score (nSPS) is 11.8. The van der Waals surface area contributed by atoms with Crippen molar-refractivity contribution in [1.29, 1.82) is 0 Å². The highest BCUT2D eigenvalue weighted by Gasteiger charge is 2.17. The van der Waals surface area contributed by atoms with Gasteiger partial charge in [-0.25, -0.2) is 4.79 Å². The first-order valence-corrected chi connectivity index (χ1v) is 10.3. The van der Waals surface area contributed by atoms with Crippen LogP contribution in [0, 0.1) is 0 Å². The number of rotatable bonds is 13. The fourth-order valence-corrected chi connectivity index (χ4v) is 3.03. The molecule has 2 rings (SSSR count). The fraction of sp³-hybridized carbons (Fsp3) is 0.400. The van der Waals surface area contributed by atoms with E-state index in [0.29, 0.717) is 24.4 Å². The maximum atomic E-state index is 12.4. The Bertz CT molecular complexity index is 694. The van der Waals surface area contributed by atoms with Crippen LogP contribution < -0.4 is 4.74 Å². The molecule has 0 saturated carbocycles. The quantitative estimate of drug-likeness (QED) is 0.173. The minimum Gasteiger partial charge on any atom is -0.423 e. The maximum Gasteiger partial charge on any atom is 0.338 e. The second-order valence-electron chi connectivity index (χ2n) is 7.13. The van der Waals surface area contributed by atoms with E-state index in [9.17, 15) is 4.79 Å². The molecule has 0 spiro atoms. The van der Waals surface area contributed by atoms with Crippen LogP contribution in [0.5, 0.6) is 5.75 Å². The van der Waals surface area contributed by atoms with Crippen LogP contribution in [0.4, 0.5) is 0 Å².